The quantitative estimate of drug-likeness (QED) is 0.164. The number of thiazole rings is 2. The van der Waals surface area contributed by atoms with Gasteiger partial charge in [-0.15, -0.1) is 0 Å². The molecule has 0 bridgehead atoms. The monoisotopic (exact) mass is 696 g/mol. The molecule has 0 aliphatic rings. The highest BCUT2D eigenvalue weighted by molar-refractivity contribution is 9.10. The number of rotatable bonds is 6. The molecule has 0 saturated heterocycles. The zero-order valence-corrected chi connectivity index (χ0v) is 25.1. The molecule has 6 nitrogen and oxygen atoms in total. The average Bonchev–Trinajstić information content (AvgIpc) is 3.26. The molecule has 0 atom stereocenters. The van der Waals surface area contributed by atoms with Gasteiger partial charge < -0.3 is 9.47 Å². The molecule has 0 unspecified atom stereocenters. The first-order valence-corrected chi connectivity index (χ1v) is 15.8. The first-order valence-electron chi connectivity index (χ1n) is 9.57. The molecule has 34 heavy (non-hydrogen) atoms. The van der Waals surface area contributed by atoms with E-state index in [2.05, 4.69) is 31.9 Å². The third-order valence-electron chi connectivity index (χ3n) is 4.51. The summed E-state index contributed by atoms with van der Waals surface area (Å²) in [5, 5.41) is 0. The Kier molecular flexibility index (Phi) is 9.29. The van der Waals surface area contributed by atoms with Crippen LogP contribution in [0, 0.1) is 0 Å². The Balaban J connectivity index is 1.19. The van der Waals surface area contributed by atoms with Gasteiger partial charge in [-0.3, -0.25) is 18.7 Å². The number of fused-ring (bicyclic) bond motifs is 2. The van der Waals surface area contributed by atoms with E-state index < -0.39 is 0 Å². The zero-order valence-electron chi connectivity index (χ0n) is 17.0. The van der Waals surface area contributed by atoms with Crippen LogP contribution >= 0.6 is 101 Å². The van der Waals surface area contributed by atoms with Crippen molar-refractivity contribution in [2.24, 2.45) is 0 Å². The Bertz CT molecular complexity index is 1380. The van der Waals surface area contributed by atoms with Crippen molar-refractivity contribution in [1.29, 1.82) is 0 Å². The predicted octanol–water partition coefficient (Wildman–Crippen LogP) is 6.65. The van der Waals surface area contributed by atoms with E-state index in [0.717, 1.165) is 29.4 Å². The van der Waals surface area contributed by atoms with Crippen molar-refractivity contribution in [3.8, 4) is 0 Å². The normalized spacial score (nSPS) is 11.2. The summed E-state index contributed by atoms with van der Waals surface area (Å²) in [6.07, 6.45) is 0. The molecular formula is C20H14Br2N2O4S6. The molecule has 14 heteroatoms. The number of hydrogen-bond donors (Lipinski definition) is 0. The number of aromatic nitrogens is 2. The second kappa shape index (κ2) is 12.0. The fraction of sp³-hybridized carbons (Fsp3) is 0.200. The van der Waals surface area contributed by atoms with E-state index in [1.165, 1.54) is 44.3 Å². The molecule has 0 aliphatic heterocycles. The first-order chi connectivity index (χ1) is 16.3. The Hall–Kier alpha value is -0.740. The van der Waals surface area contributed by atoms with Crippen molar-refractivity contribution in [3.63, 3.8) is 0 Å². The largest absolute Gasteiger partial charge is 0.476 e. The summed E-state index contributed by atoms with van der Waals surface area (Å²) in [4.78, 5) is 24.4. The van der Waals surface area contributed by atoms with Crippen LogP contribution in [-0.4, -0.2) is 31.1 Å². The lowest BCUT2D eigenvalue weighted by atomic mass is 10.3. The van der Waals surface area contributed by atoms with E-state index in [9.17, 15) is 9.59 Å². The van der Waals surface area contributed by atoms with Gasteiger partial charge in [0, 0.05) is 30.5 Å². The number of nitrogens with zero attached hydrogens (tertiary/aromatic N) is 2. The number of thiocarbonyl (C=S) groups is 2. The van der Waals surface area contributed by atoms with E-state index in [-0.39, 0.29) is 23.0 Å². The minimum Gasteiger partial charge on any atom is -0.476 e. The van der Waals surface area contributed by atoms with Crippen LogP contribution in [-0.2, 0) is 22.6 Å². The lowest BCUT2D eigenvalue weighted by Crippen LogP contribution is -2.17. The SMILES string of the molecule is O=c1sc2cc(Br)ccc2n1CCOC(=S)SSC(=S)OCCn1c(=O)sc2cc(Br)ccc21. The molecule has 2 aromatic carbocycles. The Morgan fingerprint density at radius 1 is 0.794 bits per heavy atom. The molecular weight excluding hydrogens is 684 g/mol. The number of halogens is 2. The van der Waals surface area contributed by atoms with Crippen molar-refractivity contribution >= 4 is 130 Å². The van der Waals surface area contributed by atoms with Gasteiger partial charge in [0.15, 0.2) is 0 Å². The van der Waals surface area contributed by atoms with Crippen LogP contribution in [0.5, 0.6) is 0 Å². The molecule has 0 aliphatic carbocycles. The Morgan fingerprint density at radius 2 is 1.21 bits per heavy atom. The minimum atomic E-state index is -0.0376. The topological polar surface area (TPSA) is 62.5 Å². The molecule has 0 saturated carbocycles. The summed E-state index contributed by atoms with van der Waals surface area (Å²) < 4.78 is 18.8. The minimum absolute atomic E-state index is 0.0376. The Morgan fingerprint density at radius 3 is 1.62 bits per heavy atom. The molecule has 0 amide bonds. The summed E-state index contributed by atoms with van der Waals surface area (Å²) in [7, 11) is 2.37. The summed E-state index contributed by atoms with van der Waals surface area (Å²) in [5.41, 5.74) is 1.74. The molecule has 0 spiro atoms. The number of hydrogen-bond acceptors (Lipinski definition) is 10. The standard InChI is InChI=1S/C20H14Br2N2O4S6/c21-11-1-3-13-15(9-11)31-17(25)23(13)5-7-27-19(29)33-34-20(30)28-8-6-24-14-4-2-12(22)10-16(14)32-18(24)26/h1-4,9-10H,5-8H2. The van der Waals surface area contributed by atoms with E-state index in [4.69, 9.17) is 33.9 Å². The van der Waals surface area contributed by atoms with Gasteiger partial charge in [0.25, 0.3) is 0 Å². The molecule has 0 radical (unpaired) electrons. The van der Waals surface area contributed by atoms with Crippen LogP contribution in [0.15, 0.2) is 54.9 Å². The van der Waals surface area contributed by atoms with Crippen LogP contribution in [0.25, 0.3) is 20.4 Å². The highest BCUT2D eigenvalue weighted by Gasteiger charge is 2.11. The van der Waals surface area contributed by atoms with E-state index in [1.807, 2.05) is 36.4 Å². The van der Waals surface area contributed by atoms with Gasteiger partial charge in [0.05, 0.1) is 33.5 Å². The smallest absolute Gasteiger partial charge is 0.308 e. The van der Waals surface area contributed by atoms with Gasteiger partial charge in [0.1, 0.15) is 13.2 Å². The van der Waals surface area contributed by atoms with E-state index >= 15 is 0 Å². The van der Waals surface area contributed by atoms with E-state index in [0.29, 0.717) is 21.9 Å². The fourth-order valence-electron chi connectivity index (χ4n) is 3.06. The zero-order chi connectivity index (χ0) is 24.2. The third kappa shape index (κ3) is 6.52. The number of ether oxygens (including phenoxy) is 2. The lowest BCUT2D eigenvalue weighted by molar-refractivity contribution is 0.302. The van der Waals surface area contributed by atoms with Gasteiger partial charge in [-0.2, -0.15) is 0 Å². The van der Waals surface area contributed by atoms with Gasteiger partial charge in [0.2, 0.25) is 8.77 Å². The first kappa shape index (κ1) is 26.3. The maximum absolute atomic E-state index is 12.2. The van der Waals surface area contributed by atoms with Crippen LogP contribution in [0.4, 0.5) is 0 Å². The molecule has 2 heterocycles. The van der Waals surface area contributed by atoms with Crippen molar-refractivity contribution < 1.29 is 9.47 Å². The highest BCUT2D eigenvalue weighted by atomic mass is 79.9. The highest BCUT2D eigenvalue weighted by Crippen LogP contribution is 2.27. The maximum Gasteiger partial charge on any atom is 0.308 e. The van der Waals surface area contributed by atoms with Gasteiger partial charge >= 0.3 is 9.75 Å². The second-order valence-electron chi connectivity index (χ2n) is 6.63. The van der Waals surface area contributed by atoms with Gasteiger partial charge in [-0.1, -0.05) is 54.5 Å². The second-order valence-corrected chi connectivity index (χ2v) is 13.8. The third-order valence-corrected chi connectivity index (χ3v) is 10.5. The van der Waals surface area contributed by atoms with Gasteiger partial charge in [-0.05, 0) is 60.8 Å². The lowest BCUT2D eigenvalue weighted by Gasteiger charge is -2.09. The van der Waals surface area contributed by atoms with Crippen molar-refractivity contribution in [3.05, 3.63) is 64.7 Å². The molecule has 2 aromatic heterocycles. The van der Waals surface area contributed by atoms with Crippen LogP contribution in [0.1, 0.15) is 0 Å². The van der Waals surface area contributed by atoms with E-state index in [1.54, 1.807) is 9.13 Å². The van der Waals surface area contributed by atoms with Crippen LogP contribution < -0.4 is 9.75 Å². The van der Waals surface area contributed by atoms with Crippen molar-refractivity contribution in [2.45, 2.75) is 13.1 Å². The van der Waals surface area contributed by atoms with Crippen molar-refractivity contribution in [2.75, 3.05) is 13.2 Å². The molecule has 4 aromatic rings. The number of benzene rings is 2. The fourth-order valence-corrected chi connectivity index (χ4v) is 7.87. The summed E-state index contributed by atoms with van der Waals surface area (Å²) >= 11 is 19.7. The van der Waals surface area contributed by atoms with Crippen molar-refractivity contribution in [1.82, 2.24) is 9.13 Å². The summed E-state index contributed by atoms with van der Waals surface area (Å²) in [6, 6.07) is 11.5. The van der Waals surface area contributed by atoms with Crippen LogP contribution in [0.3, 0.4) is 0 Å². The van der Waals surface area contributed by atoms with Gasteiger partial charge in [-0.25, -0.2) is 0 Å². The molecule has 4 rings (SSSR count). The Labute approximate surface area is 237 Å². The van der Waals surface area contributed by atoms with Crippen LogP contribution in [0.2, 0.25) is 0 Å². The summed E-state index contributed by atoms with van der Waals surface area (Å²) in [6.45, 7) is 1.33. The maximum atomic E-state index is 12.2. The molecule has 0 N–H and O–H groups in total. The average molecular weight is 699 g/mol. The molecule has 0 fully saturated rings. The molecule has 178 valence electrons. The predicted molar refractivity (Wildman–Crippen MR) is 160 cm³/mol. The summed E-state index contributed by atoms with van der Waals surface area (Å²) in [5.74, 6) is 0.